The van der Waals surface area contributed by atoms with Crippen LogP contribution >= 0.6 is 24.8 Å². The molecule has 2 fully saturated rings. The van der Waals surface area contributed by atoms with Crippen molar-refractivity contribution in [1.82, 2.24) is 10.3 Å². The van der Waals surface area contributed by atoms with Crippen LogP contribution in [0.5, 0.6) is 0 Å². The maximum absolute atomic E-state index is 12.6. The molecular weight excluding hydrogens is 335 g/mol. The molecular formula is C16H26Cl2N4O. The Kier molecular flexibility index (Phi) is 8.09. The number of carbonyl (C=O) groups is 1. The summed E-state index contributed by atoms with van der Waals surface area (Å²) >= 11 is 0. The highest BCUT2D eigenvalue weighted by Crippen LogP contribution is 2.23. The lowest BCUT2D eigenvalue weighted by Gasteiger charge is -2.27. The summed E-state index contributed by atoms with van der Waals surface area (Å²) in [6.07, 6.45) is 8.08. The van der Waals surface area contributed by atoms with E-state index in [4.69, 9.17) is 5.73 Å². The highest BCUT2D eigenvalue weighted by atomic mass is 35.5. The van der Waals surface area contributed by atoms with Crippen LogP contribution in [0.2, 0.25) is 0 Å². The summed E-state index contributed by atoms with van der Waals surface area (Å²) < 4.78 is 0. The van der Waals surface area contributed by atoms with Crippen molar-refractivity contribution in [2.45, 2.75) is 50.6 Å². The van der Waals surface area contributed by atoms with Gasteiger partial charge in [-0.2, -0.15) is 0 Å². The Balaban J connectivity index is 0.00000132. The van der Waals surface area contributed by atoms with Crippen molar-refractivity contribution in [3.63, 3.8) is 0 Å². The van der Waals surface area contributed by atoms with Crippen molar-refractivity contribution < 1.29 is 4.79 Å². The average Bonchev–Trinajstić information content (AvgIpc) is 3.04. The van der Waals surface area contributed by atoms with Crippen molar-refractivity contribution in [3.8, 4) is 0 Å². The summed E-state index contributed by atoms with van der Waals surface area (Å²) in [7, 11) is 0. The third-order valence-corrected chi connectivity index (χ3v) is 4.54. The molecule has 23 heavy (non-hydrogen) atoms. The number of halogens is 2. The van der Waals surface area contributed by atoms with Gasteiger partial charge in [-0.05, 0) is 50.7 Å². The molecule has 2 heterocycles. The second kappa shape index (κ2) is 9.30. The lowest BCUT2D eigenvalue weighted by molar-refractivity contribution is 0.0926. The quantitative estimate of drug-likeness (QED) is 0.868. The fraction of sp³-hybridized carbons (Fsp3) is 0.625. The van der Waals surface area contributed by atoms with E-state index in [0.29, 0.717) is 11.6 Å². The molecule has 3 N–H and O–H groups in total. The fourth-order valence-electron chi connectivity index (χ4n) is 3.28. The van der Waals surface area contributed by atoms with Gasteiger partial charge in [-0.25, -0.2) is 4.98 Å². The van der Waals surface area contributed by atoms with E-state index in [0.717, 1.165) is 44.6 Å². The molecule has 5 nitrogen and oxygen atoms in total. The predicted molar refractivity (Wildman–Crippen MR) is 97.9 cm³/mol. The summed E-state index contributed by atoms with van der Waals surface area (Å²) in [6, 6.07) is 4.27. The first-order chi connectivity index (χ1) is 10.2. The largest absolute Gasteiger partial charge is 0.356 e. The standard InChI is InChI=1S/C16H24N4O.2ClH/c17-12-5-7-13(8-6-12)19-16(21)14-4-3-9-18-15(14)20-10-1-2-11-20;;/h3-4,9,12-13H,1-2,5-8,10-11,17H2,(H,19,21);2*1H. The molecule has 0 spiro atoms. The van der Waals surface area contributed by atoms with Gasteiger partial charge in [0.15, 0.2) is 0 Å². The van der Waals surface area contributed by atoms with Gasteiger partial charge in [0, 0.05) is 31.4 Å². The molecule has 1 aromatic heterocycles. The summed E-state index contributed by atoms with van der Waals surface area (Å²) in [5.41, 5.74) is 6.62. The maximum atomic E-state index is 12.6. The van der Waals surface area contributed by atoms with Crippen molar-refractivity contribution in [2.24, 2.45) is 5.73 Å². The van der Waals surface area contributed by atoms with Crippen LogP contribution in [0, 0.1) is 0 Å². The minimum Gasteiger partial charge on any atom is -0.356 e. The second-order valence-corrected chi connectivity index (χ2v) is 6.15. The average molecular weight is 361 g/mol. The Morgan fingerprint density at radius 2 is 1.83 bits per heavy atom. The van der Waals surface area contributed by atoms with Gasteiger partial charge in [0.2, 0.25) is 0 Å². The van der Waals surface area contributed by atoms with Gasteiger partial charge < -0.3 is 16.0 Å². The SMILES string of the molecule is Cl.Cl.NC1CCC(NC(=O)c2cccnc2N2CCCC2)CC1. The van der Waals surface area contributed by atoms with Crippen molar-refractivity contribution in [2.75, 3.05) is 18.0 Å². The molecule has 0 radical (unpaired) electrons. The number of hydrogen-bond acceptors (Lipinski definition) is 4. The first-order valence-electron chi connectivity index (χ1n) is 8.00. The number of anilines is 1. The molecule has 1 aliphatic heterocycles. The first kappa shape index (κ1) is 20.0. The van der Waals surface area contributed by atoms with Crippen LogP contribution in [-0.4, -0.2) is 36.1 Å². The topological polar surface area (TPSA) is 71.2 Å². The fourth-order valence-corrected chi connectivity index (χ4v) is 3.28. The Morgan fingerprint density at radius 1 is 1.17 bits per heavy atom. The molecule has 1 saturated carbocycles. The van der Waals surface area contributed by atoms with Crippen molar-refractivity contribution in [3.05, 3.63) is 23.9 Å². The van der Waals surface area contributed by atoms with E-state index in [1.165, 1.54) is 12.8 Å². The molecule has 3 rings (SSSR count). The lowest BCUT2D eigenvalue weighted by atomic mass is 9.91. The monoisotopic (exact) mass is 360 g/mol. The number of nitrogens with one attached hydrogen (secondary N) is 1. The molecule has 7 heteroatoms. The number of hydrogen-bond donors (Lipinski definition) is 2. The van der Waals surface area contributed by atoms with Crippen LogP contribution < -0.4 is 16.0 Å². The maximum Gasteiger partial charge on any atom is 0.255 e. The van der Waals surface area contributed by atoms with E-state index in [1.54, 1.807) is 6.20 Å². The molecule has 0 atom stereocenters. The van der Waals surface area contributed by atoms with Crippen molar-refractivity contribution in [1.29, 1.82) is 0 Å². The number of rotatable bonds is 3. The Labute approximate surface area is 150 Å². The Hall–Kier alpha value is -1.04. The molecule has 0 bridgehead atoms. The third kappa shape index (κ3) is 4.96. The van der Waals surface area contributed by atoms with Crippen molar-refractivity contribution >= 4 is 36.5 Å². The molecule has 130 valence electrons. The van der Waals surface area contributed by atoms with Gasteiger partial charge in [0.1, 0.15) is 5.82 Å². The number of nitrogens with zero attached hydrogens (tertiary/aromatic N) is 2. The minimum atomic E-state index is 0. The van der Waals surface area contributed by atoms with Crippen LogP contribution in [0.1, 0.15) is 48.9 Å². The highest BCUT2D eigenvalue weighted by molar-refractivity contribution is 5.99. The molecule has 0 unspecified atom stereocenters. The normalized spacial score (nSPS) is 23.6. The minimum absolute atomic E-state index is 0. The van der Waals surface area contributed by atoms with E-state index < -0.39 is 0 Å². The Morgan fingerprint density at radius 3 is 2.48 bits per heavy atom. The number of nitrogens with two attached hydrogens (primary N) is 1. The van der Waals surface area contributed by atoms with Crippen LogP contribution in [0.3, 0.4) is 0 Å². The number of carbonyl (C=O) groups excluding carboxylic acids is 1. The van der Waals surface area contributed by atoms with E-state index in [9.17, 15) is 4.79 Å². The van der Waals surface area contributed by atoms with E-state index in [-0.39, 0.29) is 36.8 Å². The van der Waals surface area contributed by atoms with Gasteiger partial charge in [-0.3, -0.25) is 4.79 Å². The van der Waals surface area contributed by atoms with Gasteiger partial charge >= 0.3 is 0 Å². The van der Waals surface area contributed by atoms with E-state index >= 15 is 0 Å². The van der Waals surface area contributed by atoms with Gasteiger partial charge in [-0.15, -0.1) is 24.8 Å². The van der Waals surface area contributed by atoms with Gasteiger partial charge in [0.05, 0.1) is 5.56 Å². The van der Waals surface area contributed by atoms with Crippen LogP contribution in [0.15, 0.2) is 18.3 Å². The summed E-state index contributed by atoms with van der Waals surface area (Å²) in [5.74, 6) is 0.838. The van der Waals surface area contributed by atoms with E-state index in [1.807, 2.05) is 12.1 Å². The van der Waals surface area contributed by atoms with Crippen LogP contribution in [0.25, 0.3) is 0 Å². The molecule has 1 aromatic rings. The molecule has 1 aliphatic carbocycles. The summed E-state index contributed by atoms with van der Waals surface area (Å²) in [5, 5.41) is 3.16. The molecule has 2 aliphatic rings. The highest BCUT2D eigenvalue weighted by Gasteiger charge is 2.24. The summed E-state index contributed by atoms with van der Waals surface area (Å²) in [6.45, 7) is 1.99. The van der Waals surface area contributed by atoms with Gasteiger partial charge in [0.25, 0.3) is 5.91 Å². The Bertz CT molecular complexity index is 501. The zero-order valence-electron chi connectivity index (χ0n) is 13.2. The third-order valence-electron chi connectivity index (χ3n) is 4.54. The van der Waals surface area contributed by atoms with E-state index in [2.05, 4.69) is 15.2 Å². The van der Waals surface area contributed by atoms with Crippen LogP contribution in [0.4, 0.5) is 5.82 Å². The molecule has 1 amide bonds. The zero-order chi connectivity index (χ0) is 14.7. The first-order valence-corrected chi connectivity index (χ1v) is 8.00. The zero-order valence-corrected chi connectivity index (χ0v) is 14.9. The predicted octanol–water partition coefficient (Wildman–Crippen LogP) is 2.53. The second-order valence-electron chi connectivity index (χ2n) is 6.15. The van der Waals surface area contributed by atoms with Gasteiger partial charge in [-0.1, -0.05) is 0 Å². The number of aromatic nitrogens is 1. The number of amides is 1. The van der Waals surface area contributed by atoms with Crippen LogP contribution in [-0.2, 0) is 0 Å². The number of pyridine rings is 1. The summed E-state index contributed by atoms with van der Waals surface area (Å²) in [4.78, 5) is 19.2. The lowest BCUT2D eigenvalue weighted by Crippen LogP contribution is -2.41. The molecule has 0 aromatic carbocycles. The smallest absolute Gasteiger partial charge is 0.255 e. The molecule has 1 saturated heterocycles.